The van der Waals surface area contributed by atoms with Crippen molar-refractivity contribution in [2.75, 3.05) is 0 Å². The minimum absolute atomic E-state index is 0.239. The summed E-state index contributed by atoms with van der Waals surface area (Å²) >= 11 is 1.81. The Morgan fingerprint density at radius 2 is 2.21 bits per heavy atom. The van der Waals surface area contributed by atoms with Gasteiger partial charge in [-0.3, -0.25) is 0 Å². The van der Waals surface area contributed by atoms with E-state index >= 15 is 0 Å². The van der Waals surface area contributed by atoms with Crippen LogP contribution in [0, 0.1) is 16.3 Å². The van der Waals surface area contributed by atoms with E-state index in [0.717, 1.165) is 0 Å². The van der Waals surface area contributed by atoms with Gasteiger partial charge in [0.1, 0.15) is 5.82 Å². The van der Waals surface area contributed by atoms with Crippen LogP contribution in [0.25, 0.3) is 10.9 Å². The van der Waals surface area contributed by atoms with Crippen molar-refractivity contribution in [3.8, 4) is 0 Å². The number of nitrogens with zero attached hydrogens (tertiary/aromatic N) is 1. The van der Waals surface area contributed by atoms with E-state index in [1.807, 2.05) is 22.6 Å². The monoisotopic (exact) mass is 305 g/mol. The largest absolute Gasteiger partial charge is 0.408 e. The summed E-state index contributed by atoms with van der Waals surface area (Å²) in [6, 6.07) is 2.67. The molecule has 0 aliphatic rings. The van der Waals surface area contributed by atoms with Gasteiger partial charge < -0.3 is 4.42 Å². The Balaban J connectivity index is 2.96. The molecule has 1 heterocycles. The third kappa shape index (κ3) is 1.52. The number of halogens is 2. The first-order valence-corrected chi connectivity index (χ1v) is 4.92. The van der Waals surface area contributed by atoms with Crippen molar-refractivity contribution in [1.29, 1.82) is 0 Å². The molecule has 2 rings (SSSR count). The second kappa shape index (κ2) is 3.30. The molecular formula is C9H5FINO2. The summed E-state index contributed by atoms with van der Waals surface area (Å²) in [5.74, 6) is -0.140. The summed E-state index contributed by atoms with van der Waals surface area (Å²) in [6.07, 6.45) is 0. The maximum absolute atomic E-state index is 13.1. The topological polar surface area (TPSA) is 43.1 Å². The van der Waals surface area contributed by atoms with Crippen LogP contribution in [0.2, 0.25) is 0 Å². The zero-order chi connectivity index (χ0) is 10.3. The second-order valence-corrected chi connectivity index (χ2v) is 3.97. The lowest BCUT2D eigenvalue weighted by Crippen LogP contribution is -2.03. The Morgan fingerprint density at radius 3 is 2.93 bits per heavy atom. The van der Waals surface area contributed by atoms with Crippen molar-refractivity contribution in [3.63, 3.8) is 0 Å². The molecule has 0 aliphatic heterocycles. The molecule has 14 heavy (non-hydrogen) atoms. The highest BCUT2D eigenvalue weighted by molar-refractivity contribution is 14.1. The Kier molecular flexibility index (Phi) is 2.26. The van der Waals surface area contributed by atoms with Gasteiger partial charge in [0, 0.05) is 16.6 Å². The van der Waals surface area contributed by atoms with E-state index in [1.54, 1.807) is 6.92 Å². The van der Waals surface area contributed by atoms with Crippen molar-refractivity contribution in [2.45, 2.75) is 6.92 Å². The number of hydrogen-bond donors (Lipinski definition) is 0. The summed E-state index contributed by atoms with van der Waals surface area (Å²) < 4.78 is 18.3. The van der Waals surface area contributed by atoms with Gasteiger partial charge in [0.2, 0.25) is 0 Å². The predicted octanol–water partition coefficient (Wildman–Crippen LogP) is 2.24. The number of aryl methyl sites for hydroxylation is 1. The van der Waals surface area contributed by atoms with E-state index in [2.05, 4.69) is 4.98 Å². The Morgan fingerprint density at radius 1 is 1.50 bits per heavy atom. The fraction of sp³-hybridized carbons (Fsp3) is 0.111. The molecular weight excluding hydrogens is 300 g/mol. The fourth-order valence-corrected chi connectivity index (χ4v) is 1.64. The molecule has 72 valence electrons. The van der Waals surface area contributed by atoms with Crippen LogP contribution in [0.15, 0.2) is 21.3 Å². The van der Waals surface area contributed by atoms with Gasteiger partial charge in [0.05, 0.1) is 10.9 Å². The fourth-order valence-electron chi connectivity index (χ4n) is 1.17. The Labute approximate surface area is 92.1 Å². The highest BCUT2D eigenvalue weighted by atomic mass is 127. The lowest BCUT2D eigenvalue weighted by atomic mass is 10.2. The average Bonchev–Trinajstić information content (AvgIpc) is 2.08. The van der Waals surface area contributed by atoms with E-state index in [9.17, 15) is 9.18 Å². The standard InChI is InChI=1S/C9H5FINO2/c1-4-12-8-3-6(10)7(11)2-5(8)9(13)14-4/h2-3H,1H3. The molecule has 0 spiro atoms. The number of fused-ring (bicyclic) bond motifs is 1. The molecule has 0 aliphatic carbocycles. The lowest BCUT2D eigenvalue weighted by Gasteiger charge is -1.98. The van der Waals surface area contributed by atoms with Crippen molar-refractivity contribution in [2.24, 2.45) is 0 Å². The van der Waals surface area contributed by atoms with Crippen molar-refractivity contribution in [1.82, 2.24) is 4.98 Å². The van der Waals surface area contributed by atoms with E-state index in [0.29, 0.717) is 14.5 Å². The average molecular weight is 305 g/mol. The summed E-state index contributed by atoms with van der Waals surface area (Å²) in [4.78, 5) is 15.3. The number of benzene rings is 1. The van der Waals surface area contributed by atoms with Crippen LogP contribution in [0.5, 0.6) is 0 Å². The van der Waals surface area contributed by atoms with Gasteiger partial charge in [-0.15, -0.1) is 0 Å². The van der Waals surface area contributed by atoms with Crippen molar-refractivity contribution < 1.29 is 8.81 Å². The number of aromatic nitrogens is 1. The molecule has 1 aromatic carbocycles. The SMILES string of the molecule is Cc1nc2cc(F)c(I)cc2c(=O)o1. The van der Waals surface area contributed by atoms with Crippen LogP contribution < -0.4 is 5.63 Å². The molecule has 0 saturated heterocycles. The molecule has 0 bridgehead atoms. The molecule has 0 amide bonds. The summed E-state index contributed by atoms with van der Waals surface area (Å²) in [6.45, 7) is 1.55. The summed E-state index contributed by atoms with van der Waals surface area (Å²) in [5, 5.41) is 0.307. The van der Waals surface area contributed by atoms with E-state index < -0.39 is 5.63 Å². The molecule has 5 heteroatoms. The van der Waals surface area contributed by atoms with Gasteiger partial charge >= 0.3 is 5.63 Å². The molecule has 0 atom stereocenters. The van der Waals surface area contributed by atoms with Gasteiger partial charge in [0.15, 0.2) is 5.89 Å². The first-order chi connectivity index (χ1) is 6.58. The minimum Gasteiger partial charge on any atom is -0.408 e. The van der Waals surface area contributed by atoms with Gasteiger partial charge in [-0.1, -0.05) is 0 Å². The van der Waals surface area contributed by atoms with E-state index in [-0.39, 0.29) is 11.7 Å². The normalized spacial score (nSPS) is 10.8. The zero-order valence-corrected chi connectivity index (χ0v) is 9.33. The molecule has 0 fully saturated rings. The first-order valence-electron chi connectivity index (χ1n) is 3.84. The van der Waals surface area contributed by atoms with Crippen LogP contribution in [-0.2, 0) is 0 Å². The predicted molar refractivity (Wildman–Crippen MR) is 57.7 cm³/mol. The molecule has 2 aromatic rings. The zero-order valence-electron chi connectivity index (χ0n) is 7.17. The third-order valence-corrected chi connectivity index (χ3v) is 2.60. The van der Waals surface area contributed by atoms with Crippen LogP contribution >= 0.6 is 22.6 Å². The molecule has 1 aromatic heterocycles. The molecule has 3 nitrogen and oxygen atoms in total. The minimum atomic E-state index is -0.481. The molecule has 0 radical (unpaired) electrons. The summed E-state index contributed by atoms with van der Waals surface area (Å²) in [5.41, 5.74) is -0.151. The summed E-state index contributed by atoms with van der Waals surface area (Å²) in [7, 11) is 0. The van der Waals surface area contributed by atoms with Crippen LogP contribution in [0.4, 0.5) is 4.39 Å². The lowest BCUT2D eigenvalue weighted by molar-refractivity contribution is 0.466. The van der Waals surface area contributed by atoms with Crippen molar-refractivity contribution in [3.05, 3.63) is 37.8 Å². The van der Waals surface area contributed by atoms with Gasteiger partial charge in [-0.05, 0) is 28.7 Å². The van der Waals surface area contributed by atoms with Crippen LogP contribution in [0.1, 0.15) is 5.89 Å². The Bertz CT molecular complexity index is 564. The highest BCUT2D eigenvalue weighted by Crippen LogP contribution is 2.16. The molecule has 0 N–H and O–H groups in total. The second-order valence-electron chi connectivity index (χ2n) is 2.80. The van der Waals surface area contributed by atoms with Crippen molar-refractivity contribution >= 4 is 33.5 Å². The van der Waals surface area contributed by atoms with Crippen LogP contribution in [-0.4, -0.2) is 4.98 Å². The van der Waals surface area contributed by atoms with Gasteiger partial charge in [0.25, 0.3) is 0 Å². The molecule has 0 saturated carbocycles. The smallest absolute Gasteiger partial charge is 0.346 e. The quantitative estimate of drug-likeness (QED) is 0.701. The molecule has 0 unspecified atom stereocenters. The Hall–Kier alpha value is -0.980. The van der Waals surface area contributed by atoms with Gasteiger partial charge in [-0.25, -0.2) is 14.2 Å². The maximum atomic E-state index is 13.1. The van der Waals surface area contributed by atoms with E-state index in [4.69, 9.17) is 4.42 Å². The maximum Gasteiger partial charge on any atom is 0.346 e. The van der Waals surface area contributed by atoms with E-state index in [1.165, 1.54) is 12.1 Å². The third-order valence-electron chi connectivity index (χ3n) is 1.78. The van der Waals surface area contributed by atoms with Crippen LogP contribution in [0.3, 0.4) is 0 Å². The number of rotatable bonds is 0. The number of hydrogen-bond acceptors (Lipinski definition) is 3. The first kappa shape index (κ1) is 9.57. The highest BCUT2D eigenvalue weighted by Gasteiger charge is 2.07. The van der Waals surface area contributed by atoms with Gasteiger partial charge in [-0.2, -0.15) is 0 Å².